The van der Waals surface area contributed by atoms with Gasteiger partial charge < -0.3 is 14.8 Å². The molecule has 1 saturated heterocycles. The van der Waals surface area contributed by atoms with E-state index in [2.05, 4.69) is 5.32 Å². The predicted octanol–water partition coefficient (Wildman–Crippen LogP) is 2.67. The lowest BCUT2D eigenvalue weighted by atomic mass is 10.1. The Hall–Kier alpha value is -2.49. The third kappa shape index (κ3) is 5.81. The van der Waals surface area contributed by atoms with Crippen molar-refractivity contribution >= 4 is 15.9 Å². The molecule has 1 N–H and O–H groups in total. The minimum Gasteiger partial charge on any atom is -0.496 e. The van der Waals surface area contributed by atoms with Crippen LogP contribution < -0.4 is 10.1 Å². The molecule has 0 unspecified atom stereocenters. The number of carbonyl (C=O) groups excluding carboxylic acids is 1. The third-order valence-electron chi connectivity index (χ3n) is 5.23. The smallest absolute Gasteiger partial charge is 0.243 e. The summed E-state index contributed by atoms with van der Waals surface area (Å²) in [6.07, 6.45) is 0.473. The Morgan fingerprint density at radius 1 is 1.19 bits per heavy atom. The monoisotopic (exact) mass is 450 g/mol. The summed E-state index contributed by atoms with van der Waals surface area (Å²) in [5, 5.41) is 2.88. The number of morpholine rings is 1. The Labute approximate surface area is 182 Å². The van der Waals surface area contributed by atoms with Gasteiger partial charge in [0.1, 0.15) is 11.6 Å². The molecule has 3 rings (SSSR count). The van der Waals surface area contributed by atoms with E-state index >= 15 is 0 Å². The van der Waals surface area contributed by atoms with Crippen LogP contribution in [0.5, 0.6) is 5.75 Å². The molecule has 0 radical (unpaired) electrons. The molecule has 0 bridgehead atoms. The fourth-order valence-corrected chi connectivity index (χ4v) is 4.90. The number of halogens is 1. The average molecular weight is 451 g/mol. The summed E-state index contributed by atoms with van der Waals surface area (Å²) >= 11 is 0. The molecule has 1 fully saturated rings. The molecule has 1 aliphatic rings. The molecule has 0 spiro atoms. The first-order valence-electron chi connectivity index (χ1n) is 10.1. The van der Waals surface area contributed by atoms with Crippen molar-refractivity contribution in [2.75, 3.05) is 33.4 Å². The molecule has 0 aliphatic carbocycles. The van der Waals surface area contributed by atoms with Gasteiger partial charge in [-0.15, -0.1) is 0 Å². The van der Waals surface area contributed by atoms with Crippen molar-refractivity contribution in [3.05, 3.63) is 59.4 Å². The van der Waals surface area contributed by atoms with Crippen LogP contribution >= 0.6 is 0 Å². The highest BCUT2D eigenvalue weighted by Crippen LogP contribution is 2.26. The summed E-state index contributed by atoms with van der Waals surface area (Å²) < 4.78 is 50.9. The van der Waals surface area contributed by atoms with Crippen LogP contribution in [0.3, 0.4) is 0 Å². The zero-order chi connectivity index (χ0) is 22.4. The van der Waals surface area contributed by atoms with Crippen LogP contribution in [0.25, 0.3) is 0 Å². The molecular formula is C22H27FN2O5S. The van der Waals surface area contributed by atoms with Crippen molar-refractivity contribution in [3.8, 4) is 5.75 Å². The van der Waals surface area contributed by atoms with Crippen molar-refractivity contribution < 1.29 is 27.1 Å². The first-order chi connectivity index (χ1) is 14.8. The quantitative estimate of drug-likeness (QED) is 0.669. The number of hydrogen-bond donors (Lipinski definition) is 1. The molecule has 7 nitrogen and oxygen atoms in total. The zero-order valence-corrected chi connectivity index (χ0v) is 18.5. The van der Waals surface area contributed by atoms with Gasteiger partial charge in [-0.1, -0.05) is 12.1 Å². The van der Waals surface area contributed by atoms with E-state index in [9.17, 15) is 17.6 Å². The molecule has 0 aromatic heterocycles. The maximum Gasteiger partial charge on any atom is 0.243 e. The van der Waals surface area contributed by atoms with Crippen LogP contribution in [0.15, 0.2) is 47.4 Å². The highest BCUT2D eigenvalue weighted by atomic mass is 32.2. The zero-order valence-electron chi connectivity index (χ0n) is 17.6. The average Bonchev–Trinajstić information content (AvgIpc) is 2.78. The van der Waals surface area contributed by atoms with Crippen LogP contribution in [0.1, 0.15) is 30.5 Å². The molecule has 0 saturated carbocycles. The van der Waals surface area contributed by atoms with E-state index in [-0.39, 0.29) is 29.1 Å². The SMILES string of the molecule is COc1ccc(S(=O)(=O)N2CCOCC2)cc1CCC(=O)N[C@H](C)c1ccc(F)cc1. The van der Waals surface area contributed by atoms with Gasteiger partial charge in [-0.2, -0.15) is 4.31 Å². The Bertz CT molecular complexity index is 1010. The number of nitrogens with one attached hydrogen (secondary N) is 1. The molecule has 1 atom stereocenters. The standard InChI is InChI=1S/C22H27FN2O5S/c1-16(17-3-6-19(23)7-4-17)24-22(26)10-5-18-15-20(8-9-21(18)29-2)31(27,28)25-11-13-30-14-12-25/h3-4,6-9,15-16H,5,10-14H2,1-2H3,(H,24,26)/t16-/m1/s1. The number of amides is 1. The van der Waals surface area contributed by atoms with E-state index in [0.29, 0.717) is 44.0 Å². The van der Waals surface area contributed by atoms with Crippen molar-refractivity contribution in [2.24, 2.45) is 0 Å². The summed E-state index contributed by atoms with van der Waals surface area (Å²) in [7, 11) is -2.13. The van der Waals surface area contributed by atoms with Crippen molar-refractivity contribution in [3.63, 3.8) is 0 Å². The van der Waals surface area contributed by atoms with Gasteiger partial charge in [0, 0.05) is 19.5 Å². The Morgan fingerprint density at radius 2 is 1.87 bits per heavy atom. The largest absolute Gasteiger partial charge is 0.496 e. The van der Waals surface area contributed by atoms with Crippen molar-refractivity contribution in [2.45, 2.75) is 30.7 Å². The van der Waals surface area contributed by atoms with Gasteiger partial charge in [-0.25, -0.2) is 12.8 Å². The fraction of sp³-hybridized carbons (Fsp3) is 0.409. The number of hydrogen-bond acceptors (Lipinski definition) is 5. The minimum absolute atomic E-state index is 0.156. The van der Waals surface area contributed by atoms with Gasteiger partial charge >= 0.3 is 0 Å². The normalized spacial score (nSPS) is 16.0. The number of nitrogens with zero attached hydrogens (tertiary/aromatic N) is 1. The second-order valence-electron chi connectivity index (χ2n) is 7.33. The molecule has 31 heavy (non-hydrogen) atoms. The first kappa shape index (κ1) is 23.2. The molecule has 9 heteroatoms. The molecule has 2 aromatic rings. The van der Waals surface area contributed by atoms with Gasteiger partial charge in [-0.05, 0) is 54.8 Å². The Kier molecular flexibility index (Phi) is 7.64. The van der Waals surface area contributed by atoms with E-state index < -0.39 is 10.0 Å². The summed E-state index contributed by atoms with van der Waals surface area (Å²) in [5.74, 6) is 0.00177. The summed E-state index contributed by atoms with van der Waals surface area (Å²) in [6, 6.07) is 10.4. The van der Waals surface area contributed by atoms with Crippen LogP contribution in [-0.4, -0.2) is 52.0 Å². The number of carbonyl (C=O) groups is 1. The number of rotatable bonds is 8. The second kappa shape index (κ2) is 10.2. The van der Waals surface area contributed by atoms with E-state index in [4.69, 9.17) is 9.47 Å². The van der Waals surface area contributed by atoms with Gasteiger partial charge in [0.05, 0.1) is 31.3 Å². The van der Waals surface area contributed by atoms with E-state index in [1.807, 2.05) is 6.92 Å². The van der Waals surface area contributed by atoms with E-state index in [1.54, 1.807) is 24.3 Å². The van der Waals surface area contributed by atoms with Gasteiger partial charge in [-0.3, -0.25) is 4.79 Å². The van der Waals surface area contributed by atoms with E-state index in [0.717, 1.165) is 5.56 Å². The molecule has 1 heterocycles. The lowest BCUT2D eigenvalue weighted by molar-refractivity contribution is -0.121. The number of aryl methyl sites for hydroxylation is 1. The second-order valence-corrected chi connectivity index (χ2v) is 9.27. The van der Waals surface area contributed by atoms with Gasteiger partial charge in [0.25, 0.3) is 0 Å². The van der Waals surface area contributed by atoms with Crippen LogP contribution in [0.4, 0.5) is 4.39 Å². The first-order valence-corrected chi connectivity index (χ1v) is 11.5. The molecule has 1 amide bonds. The van der Waals surface area contributed by atoms with Crippen molar-refractivity contribution in [1.82, 2.24) is 9.62 Å². The highest BCUT2D eigenvalue weighted by Gasteiger charge is 2.27. The summed E-state index contributed by atoms with van der Waals surface area (Å²) in [6.45, 7) is 3.19. The van der Waals surface area contributed by atoms with Crippen LogP contribution in [-0.2, 0) is 26.0 Å². The van der Waals surface area contributed by atoms with Crippen LogP contribution in [0, 0.1) is 5.82 Å². The lowest BCUT2D eigenvalue weighted by Crippen LogP contribution is -2.40. The van der Waals surface area contributed by atoms with Crippen molar-refractivity contribution in [1.29, 1.82) is 0 Å². The minimum atomic E-state index is -3.64. The molecular weight excluding hydrogens is 423 g/mol. The third-order valence-corrected chi connectivity index (χ3v) is 7.12. The van der Waals surface area contributed by atoms with E-state index in [1.165, 1.54) is 29.6 Å². The number of sulfonamides is 1. The lowest BCUT2D eigenvalue weighted by Gasteiger charge is -2.26. The van der Waals surface area contributed by atoms with Gasteiger partial charge in [0.2, 0.25) is 15.9 Å². The number of ether oxygens (including phenoxy) is 2. The predicted molar refractivity (Wildman–Crippen MR) is 114 cm³/mol. The summed E-state index contributed by atoms with van der Waals surface area (Å²) in [4.78, 5) is 12.6. The number of methoxy groups -OCH3 is 1. The van der Waals surface area contributed by atoms with Gasteiger partial charge in [0.15, 0.2) is 0 Å². The topological polar surface area (TPSA) is 84.9 Å². The maximum atomic E-state index is 13.1. The molecule has 168 valence electrons. The summed E-state index contributed by atoms with van der Waals surface area (Å²) in [5.41, 5.74) is 1.44. The Morgan fingerprint density at radius 3 is 2.52 bits per heavy atom. The molecule has 1 aliphatic heterocycles. The number of benzene rings is 2. The fourth-order valence-electron chi connectivity index (χ4n) is 3.44. The molecule has 2 aromatic carbocycles. The highest BCUT2D eigenvalue weighted by molar-refractivity contribution is 7.89. The maximum absolute atomic E-state index is 13.1. The Balaban J connectivity index is 1.68. The van der Waals surface area contributed by atoms with Crippen LogP contribution in [0.2, 0.25) is 0 Å².